The Morgan fingerprint density at radius 3 is 2.81 bits per heavy atom. The molecule has 0 unspecified atom stereocenters. The highest BCUT2D eigenvalue weighted by atomic mass is 35.5. The molecule has 26 heavy (non-hydrogen) atoms. The van der Waals surface area contributed by atoms with Gasteiger partial charge in [0.2, 0.25) is 0 Å². The summed E-state index contributed by atoms with van der Waals surface area (Å²) in [5, 5.41) is 1.45. The molecule has 1 N–H and O–H groups in total. The lowest BCUT2D eigenvalue weighted by atomic mass is 9.97. The molecule has 4 aromatic rings. The van der Waals surface area contributed by atoms with Crippen LogP contribution < -0.4 is 0 Å². The van der Waals surface area contributed by atoms with Crippen molar-refractivity contribution in [3.8, 4) is 0 Å². The SMILES string of the molecule is Cc1cnc2[nH]cc(Cc3cn[c]c(F)c3Cc3ccc(Cl)nc3)c2c1. The number of halogens is 2. The molecule has 6 heteroatoms. The van der Waals surface area contributed by atoms with E-state index in [2.05, 4.69) is 32.2 Å². The standard InChI is InChI=1S/C20H15ClFN4/c1-12-4-17-15(10-26-20(17)25-7-12)6-14-9-23-11-18(22)16(14)5-13-2-3-19(21)24-8-13/h2-4,7-10H,5-6H2,1H3,(H,25,26). The van der Waals surface area contributed by atoms with Crippen LogP contribution in [0.15, 0.2) is 43.0 Å². The molecule has 0 spiro atoms. The van der Waals surface area contributed by atoms with E-state index in [1.54, 1.807) is 18.5 Å². The van der Waals surface area contributed by atoms with Gasteiger partial charge in [0, 0.05) is 43.0 Å². The smallest absolute Gasteiger partial charge is 0.154 e. The number of pyridine rings is 3. The Morgan fingerprint density at radius 1 is 1.12 bits per heavy atom. The topological polar surface area (TPSA) is 54.5 Å². The molecule has 0 atom stereocenters. The molecule has 0 saturated carbocycles. The molecule has 4 nitrogen and oxygen atoms in total. The fraction of sp³-hybridized carbons (Fsp3) is 0.150. The first kappa shape index (κ1) is 16.7. The molecule has 4 aromatic heterocycles. The first-order valence-electron chi connectivity index (χ1n) is 8.17. The largest absolute Gasteiger partial charge is 0.346 e. The average molecular weight is 366 g/mol. The summed E-state index contributed by atoms with van der Waals surface area (Å²) in [6.07, 6.45) is 10.4. The maximum absolute atomic E-state index is 14.4. The van der Waals surface area contributed by atoms with E-state index in [-0.39, 0.29) is 0 Å². The fourth-order valence-electron chi connectivity index (χ4n) is 3.03. The molecular formula is C20H15ClFN4. The van der Waals surface area contributed by atoms with Gasteiger partial charge in [-0.05, 0) is 46.9 Å². The van der Waals surface area contributed by atoms with E-state index >= 15 is 0 Å². The summed E-state index contributed by atoms with van der Waals surface area (Å²) in [5.41, 5.74) is 5.23. The van der Waals surface area contributed by atoms with Crippen molar-refractivity contribution in [3.05, 3.63) is 88.0 Å². The molecule has 0 saturated heterocycles. The lowest BCUT2D eigenvalue weighted by molar-refractivity contribution is 0.601. The second kappa shape index (κ2) is 6.84. The second-order valence-electron chi connectivity index (χ2n) is 6.25. The minimum Gasteiger partial charge on any atom is -0.346 e. The predicted octanol–water partition coefficient (Wildman–Crippen LogP) is 4.44. The van der Waals surface area contributed by atoms with E-state index < -0.39 is 5.82 Å². The Hall–Kier alpha value is -2.79. The van der Waals surface area contributed by atoms with Crippen molar-refractivity contribution in [2.24, 2.45) is 0 Å². The van der Waals surface area contributed by atoms with Gasteiger partial charge in [-0.3, -0.25) is 4.98 Å². The van der Waals surface area contributed by atoms with Gasteiger partial charge >= 0.3 is 0 Å². The molecule has 0 bridgehead atoms. The van der Waals surface area contributed by atoms with Crippen molar-refractivity contribution in [1.29, 1.82) is 0 Å². The fourth-order valence-corrected chi connectivity index (χ4v) is 3.14. The van der Waals surface area contributed by atoms with Gasteiger partial charge in [-0.2, -0.15) is 0 Å². The third-order valence-electron chi connectivity index (χ3n) is 4.34. The lowest BCUT2D eigenvalue weighted by Gasteiger charge is -2.10. The molecule has 0 aliphatic carbocycles. The first-order chi connectivity index (χ1) is 12.6. The minimum absolute atomic E-state index is 0.407. The molecule has 0 fully saturated rings. The summed E-state index contributed by atoms with van der Waals surface area (Å²) in [4.78, 5) is 15.5. The Balaban J connectivity index is 1.71. The number of fused-ring (bicyclic) bond motifs is 1. The van der Waals surface area contributed by atoms with Crippen molar-refractivity contribution < 1.29 is 4.39 Å². The van der Waals surface area contributed by atoms with Gasteiger partial charge in [0.1, 0.15) is 17.0 Å². The van der Waals surface area contributed by atoms with Gasteiger partial charge in [-0.25, -0.2) is 14.4 Å². The molecular weight excluding hydrogens is 351 g/mol. The first-order valence-corrected chi connectivity index (χ1v) is 8.55. The van der Waals surface area contributed by atoms with E-state index in [9.17, 15) is 4.39 Å². The van der Waals surface area contributed by atoms with Gasteiger partial charge < -0.3 is 4.98 Å². The number of nitrogens with zero attached hydrogens (tertiary/aromatic N) is 3. The summed E-state index contributed by atoms with van der Waals surface area (Å²) in [7, 11) is 0. The molecule has 4 rings (SSSR count). The van der Waals surface area contributed by atoms with E-state index in [0.29, 0.717) is 23.6 Å². The monoisotopic (exact) mass is 365 g/mol. The number of aromatic nitrogens is 4. The highest BCUT2D eigenvalue weighted by molar-refractivity contribution is 6.29. The number of aromatic amines is 1. The molecule has 0 aliphatic heterocycles. The highest BCUT2D eigenvalue weighted by Crippen LogP contribution is 2.24. The van der Waals surface area contributed by atoms with Crippen molar-refractivity contribution in [1.82, 2.24) is 19.9 Å². The second-order valence-corrected chi connectivity index (χ2v) is 6.64. The van der Waals surface area contributed by atoms with Gasteiger partial charge in [0.25, 0.3) is 0 Å². The maximum atomic E-state index is 14.4. The van der Waals surface area contributed by atoms with Crippen LogP contribution in [0.2, 0.25) is 5.15 Å². The number of H-pyrrole nitrogens is 1. The number of hydrogen-bond donors (Lipinski definition) is 1. The van der Waals surface area contributed by atoms with Crippen LogP contribution >= 0.6 is 11.6 Å². The third kappa shape index (κ3) is 3.30. The van der Waals surface area contributed by atoms with Crippen LogP contribution in [0, 0.1) is 18.9 Å². The van der Waals surface area contributed by atoms with Gasteiger partial charge in [0.15, 0.2) is 5.82 Å². The van der Waals surface area contributed by atoms with Crippen molar-refractivity contribution >= 4 is 22.6 Å². The molecule has 0 aliphatic rings. The van der Waals surface area contributed by atoms with Crippen LogP contribution in [-0.4, -0.2) is 19.9 Å². The molecule has 0 amide bonds. The van der Waals surface area contributed by atoms with Gasteiger partial charge in [-0.15, -0.1) is 0 Å². The number of nitrogens with one attached hydrogen (secondary N) is 1. The molecule has 1 radical (unpaired) electrons. The Morgan fingerprint density at radius 2 is 2.00 bits per heavy atom. The maximum Gasteiger partial charge on any atom is 0.154 e. The highest BCUT2D eigenvalue weighted by Gasteiger charge is 2.14. The van der Waals surface area contributed by atoms with Crippen LogP contribution in [-0.2, 0) is 12.8 Å². The van der Waals surface area contributed by atoms with E-state index in [0.717, 1.165) is 33.3 Å². The van der Waals surface area contributed by atoms with Crippen molar-refractivity contribution in [3.63, 3.8) is 0 Å². The normalized spacial score (nSPS) is 11.2. The number of rotatable bonds is 4. The zero-order valence-electron chi connectivity index (χ0n) is 14.1. The summed E-state index contributed by atoms with van der Waals surface area (Å²) in [6, 6.07) is 5.63. The van der Waals surface area contributed by atoms with Crippen molar-refractivity contribution in [2.75, 3.05) is 0 Å². The van der Waals surface area contributed by atoms with Crippen molar-refractivity contribution in [2.45, 2.75) is 19.8 Å². The molecule has 0 aromatic carbocycles. The molecule has 129 valence electrons. The zero-order chi connectivity index (χ0) is 18.1. The van der Waals surface area contributed by atoms with Crippen LogP contribution in [0.3, 0.4) is 0 Å². The third-order valence-corrected chi connectivity index (χ3v) is 4.56. The Labute approximate surface area is 155 Å². The number of aryl methyl sites for hydroxylation is 1. The summed E-state index contributed by atoms with van der Waals surface area (Å²) < 4.78 is 14.4. The van der Waals surface area contributed by atoms with Gasteiger partial charge in [-0.1, -0.05) is 17.7 Å². The minimum atomic E-state index is -0.438. The number of hydrogen-bond acceptors (Lipinski definition) is 3. The quantitative estimate of drug-likeness (QED) is 0.544. The Kier molecular flexibility index (Phi) is 4.39. The summed E-state index contributed by atoms with van der Waals surface area (Å²) in [6.45, 7) is 2.00. The van der Waals surface area contributed by atoms with E-state index in [1.807, 2.05) is 25.4 Å². The van der Waals surface area contributed by atoms with Crippen LogP contribution in [0.4, 0.5) is 4.39 Å². The Bertz CT molecular complexity index is 1070. The van der Waals surface area contributed by atoms with Crippen LogP contribution in [0.5, 0.6) is 0 Å². The average Bonchev–Trinajstić information content (AvgIpc) is 3.02. The zero-order valence-corrected chi connectivity index (χ0v) is 14.8. The van der Waals surface area contributed by atoms with Crippen LogP contribution in [0.1, 0.15) is 27.8 Å². The summed E-state index contributed by atoms with van der Waals surface area (Å²) in [5.74, 6) is -0.438. The lowest BCUT2D eigenvalue weighted by Crippen LogP contribution is -2.02. The van der Waals surface area contributed by atoms with E-state index in [4.69, 9.17) is 11.6 Å². The molecule has 4 heterocycles. The van der Waals surface area contributed by atoms with Gasteiger partial charge in [0.05, 0.1) is 0 Å². The summed E-state index contributed by atoms with van der Waals surface area (Å²) >= 11 is 5.83. The van der Waals surface area contributed by atoms with E-state index in [1.165, 1.54) is 0 Å². The predicted molar refractivity (Wildman–Crippen MR) is 98.7 cm³/mol. The van der Waals surface area contributed by atoms with Crippen LogP contribution in [0.25, 0.3) is 11.0 Å².